The number of nitrogens with zero attached hydrogens (tertiary/aromatic N) is 2. The van der Waals surface area contributed by atoms with Crippen molar-refractivity contribution in [3.63, 3.8) is 0 Å². The Hall–Kier alpha value is -2.15. The van der Waals surface area contributed by atoms with E-state index in [0.717, 1.165) is 12.1 Å². The molecule has 0 radical (unpaired) electrons. The van der Waals surface area contributed by atoms with Crippen LogP contribution in [-0.4, -0.2) is 13.0 Å². The van der Waals surface area contributed by atoms with E-state index < -0.39 is 11.7 Å². The normalized spacial score (nSPS) is 9.13. The molecule has 0 aliphatic rings. The fourth-order valence-corrected chi connectivity index (χ4v) is 1.13. The maximum atomic E-state index is 12.9. The van der Waals surface area contributed by atoms with Gasteiger partial charge in [-0.1, -0.05) is 6.58 Å². The zero-order chi connectivity index (χ0) is 11.4. The third kappa shape index (κ3) is 2.20. The average Bonchev–Trinajstić information content (AvgIpc) is 2.27. The van der Waals surface area contributed by atoms with Crippen molar-refractivity contribution in [3.05, 3.63) is 42.2 Å². The van der Waals surface area contributed by atoms with Crippen LogP contribution in [0, 0.1) is 17.1 Å². The van der Waals surface area contributed by atoms with E-state index in [-0.39, 0.29) is 11.3 Å². The minimum atomic E-state index is -0.493. The molecule has 4 heteroatoms. The van der Waals surface area contributed by atoms with Gasteiger partial charge in [-0.2, -0.15) is 5.26 Å². The molecule has 0 spiro atoms. The van der Waals surface area contributed by atoms with Gasteiger partial charge in [0.05, 0.1) is 11.3 Å². The summed E-state index contributed by atoms with van der Waals surface area (Å²) in [5.74, 6) is -0.884. The fraction of sp³-hybridized carbons (Fsp3) is 0.0909. The molecule has 0 atom stereocenters. The van der Waals surface area contributed by atoms with E-state index in [1.165, 1.54) is 24.1 Å². The first-order chi connectivity index (χ1) is 7.10. The number of carbonyl (C=O) groups excluding carboxylic acids is 1. The summed E-state index contributed by atoms with van der Waals surface area (Å²) in [6.07, 6.45) is 1.10. The van der Waals surface area contributed by atoms with E-state index in [0.29, 0.717) is 0 Å². The molecule has 0 unspecified atom stereocenters. The summed E-state index contributed by atoms with van der Waals surface area (Å²) in [6, 6.07) is 5.53. The van der Waals surface area contributed by atoms with E-state index in [1.807, 2.05) is 6.07 Å². The van der Waals surface area contributed by atoms with Crippen LogP contribution in [0.4, 0.5) is 10.1 Å². The highest BCUT2D eigenvalue weighted by Gasteiger charge is 2.12. The number of likely N-dealkylation sites (N-methyl/N-ethyl adjacent to an activating group) is 1. The zero-order valence-corrected chi connectivity index (χ0v) is 8.20. The minimum Gasteiger partial charge on any atom is -0.311 e. The van der Waals surface area contributed by atoms with Crippen LogP contribution in [0.1, 0.15) is 5.56 Å². The second-order valence-electron chi connectivity index (χ2n) is 2.87. The molecule has 0 N–H and O–H groups in total. The number of halogens is 1. The lowest BCUT2D eigenvalue weighted by Crippen LogP contribution is -2.24. The number of rotatable bonds is 2. The maximum Gasteiger partial charge on any atom is 0.250 e. The Bertz CT molecular complexity index is 448. The highest BCUT2D eigenvalue weighted by Crippen LogP contribution is 2.20. The second-order valence-corrected chi connectivity index (χ2v) is 2.87. The van der Waals surface area contributed by atoms with E-state index in [1.54, 1.807) is 0 Å². The highest BCUT2D eigenvalue weighted by atomic mass is 19.1. The summed E-state index contributed by atoms with van der Waals surface area (Å²) in [6.45, 7) is 3.32. The Balaban J connectivity index is 3.23. The van der Waals surface area contributed by atoms with Gasteiger partial charge in [-0.25, -0.2) is 4.39 Å². The van der Waals surface area contributed by atoms with Gasteiger partial charge in [0.2, 0.25) is 5.91 Å². The van der Waals surface area contributed by atoms with Gasteiger partial charge in [-0.3, -0.25) is 4.79 Å². The SMILES string of the molecule is C=CC(=O)N(C)c1cc(F)ccc1C#N. The van der Waals surface area contributed by atoms with E-state index >= 15 is 0 Å². The van der Waals surface area contributed by atoms with E-state index in [2.05, 4.69) is 6.58 Å². The van der Waals surface area contributed by atoms with Crippen molar-refractivity contribution in [2.45, 2.75) is 0 Å². The molecule has 1 aromatic carbocycles. The summed E-state index contributed by atoms with van der Waals surface area (Å²) >= 11 is 0. The van der Waals surface area contributed by atoms with Crippen molar-refractivity contribution in [3.8, 4) is 6.07 Å². The van der Waals surface area contributed by atoms with Crippen molar-refractivity contribution in [2.24, 2.45) is 0 Å². The second kappa shape index (κ2) is 4.38. The van der Waals surface area contributed by atoms with Crippen molar-refractivity contribution < 1.29 is 9.18 Å². The third-order valence-electron chi connectivity index (χ3n) is 1.95. The van der Waals surface area contributed by atoms with Crippen LogP contribution in [0.3, 0.4) is 0 Å². The lowest BCUT2D eigenvalue weighted by molar-refractivity contribution is -0.113. The Morgan fingerprint density at radius 1 is 1.67 bits per heavy atom. The monoisotopic (exact) mass is 204 g/mol. The fourth-order valence-electron chi connectivity index (χ4n) is 1.13. The first-order valence-electron chi connectivity index (χ1n) is 4.20. The van der Waals surface area contributed by atoms with Crippen LogP contribution >= 0.6 is 0 Å². The molecule has 0 saturated heterocycles. The molecular formula is C11H9FN2O. The summed E-state index contributed by atoms with van der Waals surface area (Å²) < 4.78 is 12.9. The number of hydrogen-bond acceptors (Lipinski definition) is 2. The van der Waals surface area contributed by atoms with E-state index in [9.17, 15) is 9.18 Å². The molecule has 3 nitrogen and oxygen atoms in total. The van der Waals surface area contributed by atoms with E-state index in [4.69, 9.17) is 5.26 Å². The van der Waals surface area contributed by atoms with Crippen molar-refractivity contribution in [1.82, 2.24) is 0 Å². The number of amides is 1. The van der Waals surface area contributed by atoms with Gasteiger partial charge in [0.1, 0.15) is 11.9 Å². The first-order valence-corrected chi connectivity index (χ1v) is 4.20. The molecule has 15 heavy (non-hydrogen) atoms. The molecule has 0 aromatic heterocycles. The van der Waals surface area contributed by atoms with Crippen molar-refractivity contribution in [2.75, 3.05) is 11.9 Å². The van der Waals surface area contributed by atoms with Gasteiger partial charge in [0, 0.05) is 7.05 Å². The van der Waals surface area contributed by atoms with Gasteiger partial charge in [-0.05, 0) is 24.3 Å². The van der Waals surface area contributed by atoms with Gasteiger partial charge < -0.3 is 4.90 Å². The number of carbonyl (C=O) groups is 1. The number of benzene rings is 1. The molecule has 0 saturated carbocycles. The standard InChI is InChI=1S/C11H9FN2O/c1-3-11(15)14(2)10-6-9(12)5-4-8(10)7-13/h3-6H,1H2,2H3. The third-order valence-corrected chi connectivity index (χ3v) is 1.95. The summed E-state index contributed by atoms with van der Waals surface area (Å²) in [4.78, 5) is 12.4. The van der Waals surface area contributed by atoms with Gasteiger partial charge in [-0.15, -0.1) is 0 Å². The lowest BCUT2D eigenvalue weighted by atomic mass is 10.1. The molecule has 0 heterocycles. The van der Waals surface area contributed by atoms with Crippen LogP contribution in [0.5, 0.6) is 0 Å². The molecule has 1 aromatic rings. The first kappa shape index (κ1) is 10.9. The van der Waals surface area contributed by atoms with Crippen LogP contribution < -0.4 is 4.90 Å². The summed E-state index contributed by atoms with van der Waals surface area (Å²) in [5, 5.41) is 8.78. The maximum absolute atomic E-state index is 12.9. The Morgan fingerprint density at radius 2 is 2.33 bits per heavy atom. The Morgan fingerprint density at radius 3 is 2.87 bits per heavy atom. The number of hydrogen-bond donors (Lipinski definition) is 0. The number of anilines is 1. The summed E-state index contributed by atoms with van der Waals surface area (Å²) in [5.41, 5.74) is 0.483. The summed E-state index contributed by atoms with van der Waals surface area (Å²) in [7, 11) is 1.46. The molecular weight excluding hydrogens is 195 g/mol. The molecule has 76 valence electrons. The van der Waals surface area contributed by atoms with Gasteiger partial charge in [0.25, 0.3) is 0 Å². The van der Waals surface area contributed by atoms with Crippen LogP contribution in [-0.2, 0) is 4.79 Å². The zero-order valence-electron chi connectivity index (χ0n) is 8.20. The smallest absolute Gasteiger partial charge is 0.250 e. The number of nitriles is 1. The Kier molecular flexibility index (Phi) is 3.19. The molecule has 0 bridgehead atoms. The van der Waals surface area contributed by atoms with Crippen LogP contribution in [0.15, 0.2) is 30.9 Å². The van der Waals surface area contributed by atoms with Crippen molar-refractivity contribution >= 4 is 11.6 Å². The Labute approximate surface area is 87.0 Å². The molecule has 0 aliphatic carbocycles. The van der Waals surface area contributed by atoms with Gasteiger partial charge in [0.15, 0.2) is 0 Å². The lowest BCUT2D eigenvalue weighted by Gasteiger charge is -2.16. The topological polar surface area (TPSA) is 44.1 Å². The highest BCUT2D eigenvalue weighted by molar-refractivity contribution is 6.01. The largest absolute Gasteiger partial charge is 0.311 e. The quantitative estimate of drug-likeness (QED) is 0.690. The predicted molar refractivity (Wildman–Crippen MR) is 54.7 cm³/mol. The molecule has 0 aliphatic heterocycles. The van der Waals surface area contributed by atoms with Crippen LogP contribution in [0.25, 0.3) is 0 Å². The molecule has 1 amide bonds. The predicted octanol–water partition coefficient (Wildman–Crippen LogP) is 1.85. The average molecular weight is 204 g/mol. The molecule has 1 rings (SSSR count). The van der Waals surface area contributed by atoms with Crippen LogP contribution in [0.2, 0.25) is 0 Å². The minimum absolute atomic E-state index is 0.238. The molecule has 0 fully saturated rings. The van der Waals surface area contributed by atoms with Gasteiger partial charge >= 0.3 is 0 Å². The van der Waals surface area contributed by atoms with Crippen molar-refractivity contribution in [1.29, 1.82) is 5.26 Å².